The SMILES string of the molecule is CCN(C(=O)/C=C/c1ccc(C(=O)NC2CC2)cc1)C(C)c1cccc(C(F)(F)F)c1. The first-order valence-corrected chi connectivity index (χ1v) is 10.3. The second kappa shape index (κ2) is 9.37. The summed E-state index contributed by atoms with van der Waals surface area (Å²) in [5, 5.41) is 2.92. The average molecular weight is 430 g/mol. The lowest BCUT2D eigenvalue weighted by Crippen LogP contribution is -2.32. The molecule has 0 saturated heterocycles. The quantitative estimate of drug-likeness (QED) is 0.613. The number of halogens is 3. The van der Waals surface area contributed by atoms with Gasteiger partial charge < -0.3 is 10.2 Å². The van der Waals surface area contributed by atoms with E-state index in [-0.39, 0.29) is 17.9 Å². The van der Waals surface area contributed by atoms with Crippen LogP contribution in [0.1, 0.15) is 59.8 Å². The number of rotatable bonds is 7. The largest absolute Gasteiger partial charge is 0.416 e. The minimum Gasteiger partial charge on any atom is -0.349 e. The number of amides is 2. The zero-order valence-electron chi connectivity index (χ0n) is 17.4. The molecule has 0 aliphatic heterocycles. The van der Waals surface area contributed by atoms with Crippen LogP contribution in [0.2, 0.25) is 0 Å². The van der Waals surface area contributed by atoms with Crippen LogP contribution in [0, 0.1) is 0 Å². The van der Waals surface area contributed by atoms with Crippen LogP contribution in [0.5, 0.6) is 0 Å². The number of hydrogen-bond donors (Lipinski definition) is 1. The second-order valence-electron chi connectivity index (χ2n) is 7.63. The van der Waals surface area contributed by atoms with Gasteiger partial charge in [-0.25, -0.2) is 0 Å². The number of nitrogens with zero attached hydrogens (tertiary/aromatic N) is 1. The van der Waals surface area contributed by atoms with Crippen molar-refractivity contribution in [2.24, 2.45) is 0 Å². The third-order valence-electron chi connectivity index (χ3n) is 5.29. The maximum absolute atomic E-state index is 13.0. The van der Waals surface area contributed by atoms with Gasteiger partial charge in [0, 0.05) is 24.2 Å². The number of carbonyl (C=O) groups excluding carboxylic acids is 2. The van der Waals surface area contributed by atoms with Gasteiger partial charge in [0.05, 0.1) is 11.6 Å². The van der Waals surface area contributed by atoms with Crippen molar-refractivity contribution < 1.29 is 22.8 Å². The first-order chi connectivity index (χ1) is 14.7. The average Bonchev–Trinajstić information content (AvgIpc) is 3.56. The molecule has 7 heteroatoms. The number of alkyl halides is 3. The molecule has 1 fully saturated rings. The molecular formula is C24H25F3N2O2. The summed E-state index contributed by atoms with van der Waals surface area (Å²) >= 11 is 0. The van der Waals surface area contributed by atoms with Gasteiger partial charge in [0.2, 0.25) is 5.91 Å². The molecule has 0 spiro atoms. The van der Waals surface area contributed by atoms with Crippen LogP contribution in [-0.2, 0) is 11.0 Å². The van der Waals surface area contributed by atoms with Crippen molar-refractivity contribution in [1.82, 2.24) is 10.2 Å². The Bertz CT molecular complexity index is 964. The number of nitrogens with one attached hydrogen (secondary N) is 1. The van der Waals surface area contributed by atoms with Crippen molar-refractivity contribution in [2.75, 3.05) is 6.54 Å². The van der Waals surface area contributed by atoms with Crippen LogP contribution < -0.4 is 5.32 Å². The molecule has 164 valence electrons. The van der Waals surface area contributed by atoms with Gasteiger partial charge in [-0.1, -0.05) is 24.3 Å². The van der Waals surface area contributed by atoms with Crippen LogP contribution in [0.15, 0.2) is 54.6 Å². The highest BCUT2D eigenvalue weighted by Crippen LogP contribution is 2.32. The molecule has 3 rings (SSSR count). The summed E-state index contributed by atoms with van der Waals surface area (Å²) in [6, 6.07) is 11.7. The molecule has 0 radical (unpaired) electrons. The first-order valence-electron chi connectivity index (χ1n) is 10.3. The molecule has 1 saturated carbocycles. The minimum atomic E-state index is -4.43. The van der Waals surface area contributed by atoms with E-state index in [1.807, 2.05) is 0 Å². The molecule has 1 unspecified atom stereocenters. The Balaban J connectivity index is 1.67. The summed E-state index contributed by atoms with van der Waals surface area (Å²) < 4.78 is 39.0. The summed E-state index contributed by atoms with van der Waals surface area (Å²) in [6.45, 7) is 3.84. The molecule has 2 aromatic carbocycles. The molecule has 31 heavy (non-hydrogen) atoms. The first kappa shape index (κ1) is 22.6. The fourth-order valence-corrected chi connectivity index (χ4v) is 3.28. The molecular weight excluding hydrogens is 405 g/mol. The summed E-state index contributed by atoms with van der Waals surface area (Å²) in [5.41, 5.74) is 0.994. The Morgan fingerprint density at radius 2 is 1.84 bits per heavy atom. The molecule has 2 amide bonds. The van der Waals surface area contributed by atoms with Gasteiger partial charge in [0.1, 0.15) is 0 Å². The summed E-state index contributed by atoms with van der Waals surface area (Å²) in [6.07, 6.45) is 0.626. The van der Waals surface area contributed by atoms with Gasteiger partial charge in [-0.3, -0.25) is 9.59 Å². The Morgan fingerprint density at radius 1 is 1.16 bits per heavy atom. The standard InChI is InChI=1S/C24H25F3N2O2/c1-3-29(16(2)19-5-4-6-20(15-19)24(25,26)27)22(30)14-9-17-7-10-18(11-8-17)23(31)28-21-12-13-21/h4-11,14-16,21H,3,12-13H2,1-2H3,(H,28,31)/b14-9+. The van der Waals surface area contributed by atoms with Crippen LogP contribution in [0.25, 0.3) is 6.08 Å². The highest BCUT2D eigenvalue weighted by molar-refractivity contribution is 5.95. The van der Waals surface area contributed by atoms with Crippen molar-refractivity contribution in [1.29, 1.82) is 0 Å². The zero-order chi connectivity index (χ0) is 22.6. The molecule has 1 N–H and O–H groups in total. The van der Waals surface area contributed by atoms with Crippen molar-refractivity contribution in [3.05, 3.63) is 76.9 Å². The number of carbonyl (C=O) groups is 2. The predicted octanol–water partition coefficient (Wildman–Crippen LogP) is 5.22. The number of benzene rings is 2. The second-order valence-corrected chi connectivity index (χ2v) is 7.63. The maximum atomic E-state index is 13.0. The number of likely N-dealkylation sites (N-methyl/N-ethyl adjacent to an activating group) is 1. The van der Waals surface area contributed by atoms with Crippen molar-refractivity contribution >= 4 is 17.9 Å². The Hall–Kier alpha value is -3.09. The predicted molar refractivity (Wildman–Crippen MR) is 113 cm³/mol. The fourth-order valence-electron chi connectivity index (χ4n) is 3.28. The van der Waals surface area contributed by atoms with E-state index in [2.05, 4.69) is 5.32 Å². The summed E-state index contributed by atoms with van der Waals surface area (Å²) in [5.74, 6) is -0.413. The lowest BCUT2D eigenvalue weighted by atomic mass is 10.0. The minimum absolute atomic E-state index is 0.110. The van der Waals surface area contributed by atoms with Gasteiger partial charge in [0.25, 0.3) is 5.91 Å². The molecule has 1 aliphatic rings. The third kappa shape index (κ3) is 5.96. The molecule has 1 atom stereocenters. The Morgan fingerprint density at radius 3 is 2.42 bits per heavy atom. The molecule has 1 aliphatic carbocycles. The van der Waals surface area contributed by atoms with Gasteiger partial charge in [-0.05, 0) is 68.2 Å². The van der Waals surface area contributed by atoms with Gasteiger partial charge in [-0.2, -0.15) is 13.2 Å². The zero-order valence-corrected chi connectivity index (χ0v) is 17.4. The molecule has 2 aromatic rings. The van der Waals surface area contributed by atoms with Crippen LogP contribution in [0.3, 0.4) is 0 Å². The van der Waals surface area contributed by atoms with Crippen molar-refractivity contribution in [3.8, 4) is 0 Å². The van der Waals surface area contributed by atoms with E-state index in [9.17, 15) is 22.8 Å². The van der Waals surface area contributed by atoms with Crippen molar-refractivity contribution in [3.63, 3.8) is 0 Å². The van der Waals surface area contributed by atoms with E-state index in [4.69, 9.17) is 0 Å². The van der Waals surface area contributed by atoms with E-state index in [1.165, 1.54) is 17.0 Å². The van der Waals surface area contributed by atoms with Gasteiger partial charge >= 0.3 is 6.18 Å². The third-order valence-corrected chi connectivity index (χ3v) is 5.29. The van der Waals surface area contributed by atoms with E-state index in [1.54, 1.807) is 50.3 Å². The summed E-state index contributed by atoms with van der Waals surface area (Å²) in [4.78, 5) is 26.2. The van der Waals surface area contributed by atoms with E-state index < -0.39 is 17.8 Å². The normalized spacial score (nSPS) is 15.0. The maximum Gasteiger partial charge on any atom is 0.416 e. The lowest BCUT2D eigenvalue weighted by Gasteiger charge is -2.28. The molecule has 0 bridgehead atoms. The van der Waals surface area contributed by atoms with Crippen molar-refractivity contribution in [2.45, 2.75) is 44.9 Å². The molecule has 0 heterocycles. The molecule has 0 aromatic heterocycles. The Kier molecular flexibility index (Phi) is 6.83. The summed E-state index contributed by atoms with van der Waals surface area (Å²) in [7, 11) is 0. The Labute approximate surface area is 179 Å². The van der Waals surface area contributed by atoms with Gasteiger partial charge in [0.15, 0.2) is 0 Å². The van der Waals surface area contributed by atoms with Crippen LogP contribution >= 0.6 is 0 Å². The highest BCUT2D eigenvalue weighted by Gasteiger charge is 2.31. The van der Waals surface area contributed by atoms with E-state index in [0.717, 1.165) is 30.5 Å². The van der Waals surface area contributed by atoms with E-state index >= 15 is 0 Å². The lowest BCUT2D eigenvalue weighted by molar-refractivity contribution is -0.137. The number of hydrogen-bond acceptors (Lipinski definition) is 2. The van der Waals surface area contributed by atoms with Crippen LogP contribution in [0.4, 0.5) is 13.2 Å². The topological polar surface area (TPSA) is 49.4 Å². The smallest absolute Gasteiger partial charge is 0.349 e. The van der Waals surface area contributed by atoms with Crippen LogP contribution in [-0.4, -0.2) is 29.3 Å². The fraction of sp³-hybridized carbons (Fsp3) is 0.333. The highest BCUT2D eigenvalue weighted by atomic mass is 19.4. The van der Waals surface area contributed by atoms with E-state index in [0.29, 0.717) is 17.7 Å². The molecule has 4 nitrogen and oxygen atoms in total. The monoisotopic (exact) mass is 430 g/mol. The van der Waals surface area contributed by atoms with Gasteiger partial charge in [-0.15, -0.1) is 0 Å².